The van der Waals surface area contributed by atoms with E-state index in [1.807, 2.05) is 19.1 Å². The van der Waals surface area contributed by atoms with Gasteiger partial charge in [0.1, 0.15) is 6.04 Å². The van der Waals surface area contributed by atoms with Crippen molar-refractivity contribution in [2.24, 2.45) is 0 Å². The lowest BCUT2D eigenvalue weighted by molar-refractivity contribution is -0.149. The first-order valence-electron chi connectivity index (χ1n) is 9.94. The summed E-state index contributed by atoms with van der Waals surface area (Å²) in [5.74, 6) is -0.0786. The standard InChI is InChI=1S/C20H28N6O4S/c1-12-9-13(2)17(14(3)10-12)31(28,29)26-8-6-7-15(26)18(27)30-11-16-22-19(21)24-20(23-16)25(4)5/h9-10,15H,6-8,11H2,1-5H3,(H2,21,22,23,24)/t15-/m0/s1. The van der Waals surface area contributed by atoms with Gasteiger partial charge in [-0.25, -0.2) is 8.42 Å². The summed E-state index contributed by atoms with van der Waals surface area (Å²) in [4.78, 5) is 26.9. The Labute approximate surface area is 182 Å². The van der Waals surface area contributed by atoms with Crippen LogP contribution in [0.4, 0.5) is 11.9 Å². The van der Waals surface area contributed by atoms with Crippen LogP contribution in [-0.2, 0) is 26.2 Å². The molecule has 0 spiro atoms. The molecule has 0 radical (unpaired) electrons. The van der Waals surface area contributed by atoms with E-state index in [9.17, 15) is 13.2 Å². The zero-order chi connectivity index (χ0) is 22.9. The van der Waals surface area contributed by atoms with Crippen LogP contribution >= 0.6 is 0 Å². The number of carbonyl (C=O) groups is 1. The molecule has 0 bridgehead atoms. The molecule has 2 N–H and O–H groups in total. The minimum absolute atomic E-state index is 0.0140. The first-order valence-corrected chi connectivity index (χ1v) is 11.4. The highest BCUT2D eigenvalue weighted by Gasteiger charge is 2.41. The number of esters is 1. The van der Waals surface area contributed by atoms with Crippen LogP contribution in [0.1, 0.15) is 35.4 Å². The highest BCUT2D eigenvalue weighted by atomic mass is 32.2. The highest BCUT2D eigenvalue weighted by Crippen LogP contribution is 2.31. The van der Waals surface area contributed by atoms with Gasteiger partial charge in [-0.2, -0.15) is 19.3 Å². The summed E-state index contributed by atoms with van der Waals surface area (Å²) in [5, 5.41) is 0. The van der Waals surface area contributed by atoms with Crippen LogP contribution in [0.15, 0.2) is 17.0 Å². The molecule has 10 nitrogen and oxygen atoms in total. The van der Waals surface area contributed by atoms with Crippen LogP contribution < -0.4 is 10.6 Å². The summed E-state index contributed by atoms with van der Waals surface area (Å²) in [6.07, 6.45) is 0.969. The van der Waals surface area contributed by atoms with Crippen molar-refractivity contribution in [2.75, 3.05) is 31.3 Å². The minimum atomic E-state index is -3.85. The van der Waals surface area contributed by atoms with Gasteiger partial charge in [-0.3, -0.25) is 4.79 Å². The van der Waals surface area contributed by atoms with Gasteiger partial charge in [0.15, 0.2) is 12.4 Å². The van der Waals surface area contributed by atoms with Crippen molar-refractivity contribution in [2.45, 2.75) is 51.2 Å². The van der Waals surface area contributed by atoms with Crippen molar-refractivity contribution in [3.05, 3.63) is 34.6 Å². The number of sulfonamides is 1. The van der Waals surface area contributed by atoms with Gasteiger partial charge in [0.05, 0.1) is 4.90 Å². The fraction of sp³-hybridized carbons (Fsp3) is 0.500. The number of rotatable bonds is 6. The molecule has 0 amide bonds. The van der Waals surface area contributed by atoms with Crippen molar-refractivity contribution in [1.82, 2.24) is 19.3 Å². The molecule has 1 aliphatic heterocycles. The van der Waals surface area contributed by atoms with E-state index in [-0.39, 0.29) is 29.8 Å². The Bertz CT molecular complexity index is 1080. The van der Waals surface area contributed by atoms with Crippen LogP contribution in [0.5, 0.6) is 0 Å². The molecule has 0 aliphatic carbocycles. The van der Waals surface area contributed by atoms with E-state index < -0.39 is 22.0 Å². The van der Waals surface area contributed by atoms with Gasteiger partial charge >= 0.3 is 5.97 Å². The molecule has 1 saturated heterocycles. The molecule has 3 rings (SSSR count). The number of hydrogen-bond donors (Lipinski definition) is 1. The van der Waals surface area contributed by atoms with Crippen molar-refractivity contribution in [3.63, 3.8) is 0 Å². The molecule has 1 atom stereocenters. The fourth-order valence-corrected chi connectivity index (χ4v) is 5.94. The van der Waals surface area contributed by atoms with Crippen LogP contribution in [0, 0.1) is 20.8 Å². The lowest BCUT2D eigenvalue weighted by Crippen LogP contribution is -2.41. The molecule has 1 fully saturated rings. The van der Waals surface area contributed by atoms with E-state index in [0.29, 0.717) is 29.9 Å². The SMILES string of the molecule is Cc1cc(C)c(S(=O)(=O)N2CCC[C@H]2C(=O)OCc2nc(N)nc(N(C)C)n2)c(C)c1. The molecule has 0 saturated carbocycles. The van der Waals surface area contributed by atoms with E-state index in [1.54, 1.807) is 32.8 Å². The van der Waals surface area contributed by atoms with Crippen molar-refractivity contribution >= 4 is 27.9 Å². The summed E-state index contributed by atoms with van der Waals surface area (Å²) in [5.41, 5.74) is 8.00. The topological polar surface area (TPSA) is 132 Å². The normalized spacial score (nSPS) is 17.0. The van der Waals surface area contributed by atoms with Gasteiger partial charge < -0.3 is 15.4 Å². The second kappa shape index (κ2) is 8.75. The second-order valence-corrected chi connectivity index (χ2v) is 9.74. The van der Waals surface area contributed by atoms with Gasteiger partial charge in [-0.1, -0.05) is 17.7 Å². The zero-order valence-corrected chi connectivity index (χ0v) is 19.2. The van der Waals surface area contributed by atoms with Gasteiger partial charge in [0.25, 0.3) is 0 Å². The molecule has 11 heteroatoms. The molecule has 1 aromatic carbocycles. The number of nitrogen functional groups attached to an aromatic ring is 1. The minimum Gasteiger partial charge on any atom is -0.456 e. The lowest BCUT2D eigenvalue weighted by atomic mass is 10.1. The van der Waals surface area contributed by atoms with Gasteiger partial charge in [-0.15, -0.1) is 0 Å². The molecule has 168 valence electrons. The third kappa shape index (κ3) is 4.77. The summed E-state index contributed by atoms with van der Waals surface area (Å²) in [6.45, 7) is 5.49. The summed E-state index contributed by atoms with van der Waals surface area (Å²) >= 11 is 0. The lowest BCUT2D eigenvalue weighted by Gasteiger charge is -2.24. The van der Waals surface area contributed by atoms with Gasteiger partial charge in [0, 0.05) is 20.6 Å². The maximum atomic E-state index is 13.4. The number of carbonyl (C=O) groups excluding carboxylic acids is 1. The van der Waals surface area contributed by atoms with Crippen LogP contribution in [0.25, 0.3) is 0 Å². The van der Waals surface area contributed by atoms with Crippen molar-refractivity contribution < 1.29 is 17.9 Å². The maximum absolute atomic E-state index is 13.4. The van der Waals surface area contributed by atoms with Crippen LogP contribution in [-0.4, -0.2) is 60.3 Å². The number of ether oxygens (including phenoxy) is 1. The third-order valence-electron chi connectivity index (χ3n) is 5.08. The molecule has 1 aliphatic rings. The van der Waals surface area contributed by atoms with E-state index in [2.05, 4.69) is 15.0 Å². The summed E-state index contributed by atoms with van der Waals surface area (Å²) < 4.78 is 33.4. The third-order valence-corrected chi connectivity index (χ3v) is 7.29. The van der Waals surface area contributed by atoms with Crippen LogP contribution in [0.3, 0.4) is 0 Å². The van der Waals surface area contributed by atoms with Crippen molar-refractivity contribution in [1.29, 1.82) is 0 Å². The molecule has 1 aromatic heterocycles. The Hall–Kier alpha value is -2.79. The maximum Gasteiger partial charge on any atom is 0.324 e. The molecular formula is C20H28N6O4S. The molecule has 0 unspecified atom stereocenters. The number of nitrogens with zero attached hydrogens (tertiary/aromatic N) is 5. The van der Waals surface area contributed by atoms with E-state index in [1.165, 1.54) is 4.31 Å². The fourth-order valence-electron chi connectivity index (χ4n) is 3.88. The average molecular weight is 449 g/mol. The number of hydrogen-bond acceptors (Lipinski definition) is 9. The predicted molar refractivity (Wildman–Crippen MR) is 116 cm³/mol. The number of aryl methyl sites for hydroxylation is 3. The van der Waals surface area contributed by atoms with Gasteiger partial charge in [0.2, 0.25) is 21.9 Å². The van der Waals surface area contributed by atoms with E-state index in [4.69, 9.17) is 10.5 Å². The monoisotopic (exact) mass is 448 g/mol. The first kappa shape index (κ1) is 22.9. The number of benzene rings is 1. The second-order valence-electron chi connectivity index (χ2n) is 7.91. The highest BCUT2D eigenvalue weighted by molar-refractivity contribution is 7.89. The smallest absolute Gasteiger partial charge is 0.324 e. The van der Waals surface area contributed by atoms with Crippen molar-refractivity contribution in [3.8, 4) is 0 Å². The molecule has 31 heavy (non-hydrogen) atoms. The van der Waals surface area contributed by atoms with E-state index >= 15 is 0 Å². The Morgan fingerprint density at radius 1 is 1.19 bits per heavy atom. The Balaban J connectivity index is 1.80. The Morgan fingerprint density at radius 2 is 1.84 bits per heavy atom. The largest absolute Gasteiger partial charge is 0.456 e. The number of anilines is 2. The van der Waals surface area contributed by atoms with E-state index in [0.717, 1.165) is 5.56 Å². The summed E-state index contributed by atoms with van der Waals surface area (Å²) in [6, 6.07) is 2.77. The predicted octanol–water partition coefficient (Wildman–Crippen LogP) is 1.34. The molecule has 2 aromatic rings. The Morgan fingerprint density at radius 3 is 2.45 bits per heavy atom. The number of nitrogens with two attached hydrogens (primary N) is 1. The first-order chi connectivity index (χ1) is 14.5. The number of aromatic nitrogens is 3. The van der Waals surface area contributed by atoms with Crippen LogP contribution in [0.2, 0.25) is 0 Å². The average Bonchev–Trinajstić information content (AvgIpc) is 3.15. The quantitative estimate of drug-likeness (QED) is 0.650. The summed E-state index contributed by atoms with van der Waals surface area (Å²) in [7, 11) is -0.352. The molecular weight excluding hydrogens is 420 g/mol. The van der Waals surface area contributed by atoms with Gasteiger partial charge in [-0.05, 0) is 44.7 Å². The zero-order valence-electron chi connectivity index (χ0n) is 18.4. The Kier molecular flexibility index (Phi) is 6.46. The molecule has 2 heterocycles.